The number of nitrogens with one attached hydrogen (secondary N) is 1. The van der Waals surface area contributed by atoms with Crippen molar-refractivity contribution in [3.05, 3.63) is 36.1 Å². The highest BCUT2D eigenvalue weighted by Crippen LogP contribution is 2.06. The van der Waals surface area contributed by atoms with Crippen LogP contribution in [0.1, 0.15) is 27.2 Å². The van der Waals surface area contributed by atoms with Crippen LogP contribution in [0.4, 0.5) is 0 Å². The largest absolute Gasteiger partial charge is 0.377 e. The van der Waals surface area contributed by atoms with Gasteiger partial charge in [-0.05, 0) is 26.0 Å². The van der Waals surface area contributed by atoms with E-state index in [1.807, 2.05) is 13.0 Å². The van der Waals surface area contributed by atoms with Gasteiger partial charge in [0.15, 0.2) is 0 Å². The lowest BCUT2D eigenvalue weighted by Gasteiger charge is -2.21. The maximum absolute atomic E-state index is 3.84. The normalized spacial score (nSPS) is 12.1. The van der Waals surface area contributed by atoms with Gasteiger partial charge in [-0.15, -0.1) is 0 Å². The molecule has 0 aromatic rings. The highest BCUT2D eigenvalue weighted by Gasteiger charge is 1.99. The zero-order valence-corrected chi connectivity index (χ0v) is 11.2. The van der Waals surface area contributed by atoms with Gasteiger partial charge in [-0.1, -0.05) is 38.2 Å². The predicted octanol–water partition coefficient (Wildman–Crippen LogP) is 2.95. The van der Waals surface area contributed by atoms with Crippen molar-refractivity contribution in [2.24, 2.45) is 0 Å². The second-order valence-corrected chi connectivity index (χ2v) is 3.99. The second kappa shape index (κ2) is 9.22. The summed E-state index contributed by atoms with van der Waals surface area (Å²) in [6, 6.07) is 0. The van der Waals surface area contributed by atoms with Crippen LogP contribution in [0, 0.1) is 0 Å². The molecule has 0 spiro atoms. The first-order valence-electron chi connectivity index (χ1n) is 6.06. The van der Waals surface area contributed by atoms with Gasteiger partial charge in [-0.3, -0.25) is 0 Å². The van der Waals surface area contributed by atoms with E-state index < -0.39 is 0 Å². The van der Waals surface area contributed by atoms with E-state index in [9.17, 15) is 0 Å². The molecule has 0 saturated carbocycles. The van der Waals surface area contributed by atoms with E-state index in [2.05, 4.69) is 49.8 Å². The lowest BCUT2D eigenvalue weighted by molar-refractivity contribution is 0.399. The van der Waals surface area contributed by atoms with Gasteiger partial charge in [0.2, 0.25) is 0 Å². The fraction of sp³-hybridized carbons (Fsp3) is 0.571. The Morgan fingerprint density at radius 2 is 2.06 bits per heavy atom. The van der Waals surface area contributed by atoms with Crippen LogP contribution in [0.15, 0.2) is 36.1 Å². The molecule has 1 N–H and O–H groups in total. The quantitative estimate of drug-likeness (QED) is 0.502. The van der Waals surface area contributed by atoms with Gasteiger partial charge < -0.3 is 10.2 Å². The molecule has 0 aromatic heterocycles. The summed E-state index contributed by atoms with van der Waals surface area (Å²) < 4.78 is 0. The molecule has 0 aliphatic heterocycles. The molecular weight excluding hydrogens is 196 g/mol. The topological polar surface area (TPSA) is 15.3 Å². The maximum Gasteiger partial charge on any atom is 0.0297 e. The van der Waals surface area contributed by atoms with Crippen molar-refractivity contribution >= 4 is 0 Å². The molecule has 0 radical (unpaired) electrons. The zero-order valence-electron chi connectivity index (χ0n) is 11.2. The lowest BCUT2D eigenvalue weighted by atomic mass is 10.2. The lowest BCUT2D eigenvalue weighted by Crippen LogP contribution is -2.28. The van der Waals surface area contributed by atoms with E-state index in [4.69, 9.17) is 0 Å². The van der Waals surface area contributed by atoms with Crippen molar-refractivity contribution in [1.29, 1.82) is 0 Å². The molecule has 0 bridgehead atoms. The Balaban J connectivity index is 4.19. The first-order chi connectivity index (χ1) is 7.61. The van der Waals surface area contributed by atoms with Crippen molar-refractivity contribution < 1.29 is 0 Å². The molecule has 0 aliphatic carbocycles. The molecule has 2 nitrogen and oxygen atoms in total. The average Bonchev–Trinajstić information content (AvgIpc) is 2.24. The minimum atomic E-state index is 1.04. The SMILES string of the molecule is C=C(C)/C=C\C=C(/CC)N(C)CCNCC. The third-order valence-corrected chi connectivity index (χ3v) is 2.40. The monoisotopic (exact) mass is 222 g/mol. The summed E-state index contributed by atoms with van der Waals surface area (Å²) in [5.74, 6) is 0. The third-order valence-electron chi connectivity index (χ3n) is 2.40. The molecule has 0 atom stereocenters. The Labute approximate surface area is 101 Å². The molecule has 0 aliphatic rings. The summed E-state index contributed by atoms with van der Waals surface area (Å²) in [6.07, 6.45) is 7.34. The molecule has 16 heavy (non-hydrogen) atoms. The van der Waals surface area contributed by atoms with E-state index in [0.29, 0.717) is 0 Å². The van der Waals surface area contributed by atoms with Gasteiger partial charge in [-0.25, -0.2) is 0 Å². The molecule has 2 heteroatoms. The fourth-order valence-electron chi connectivity index (χ4n) is 1.41. The molecule has 0 aromatic carbocycles. The Bertz CT molecular complexity index is 251. The van der Waals surface area contributed by atoms with E-state index in [0.717, 1.165) is 31.6 Å². The Hall–Kier alpha value is -1.02. The number of hydrogen-bond acceptors (Lipinski definition) is 2. The minimum absolute atomic E-state index is 1.04. The Morgan fingerprint density at radius 3 is 2.56 bits per heavy atom. The fourth-order valence-corrected chi connectivity index (χ4v) is 1.41. The van der Waals surface area contributed by atoms with E-state index in [-0.39, 0.29) is 0 Å². The number of likely N-dealkylation sites (N-methyl/N-ethyl adjacent to an activating group) is 2. The average molecular weight is 222 g/mol. The molecule has 0 unspecified atom stereocenters. The summed E-state index contributed by atoms with van der Waals surface area (Å²) >= 11 is 0. The van der Waals surface area contributed by atoms with Crippen LogP contribution in [0.3, 0.4) is 0 Å². The molecule has 0 fully saturated rings. The van der Waals surface area contributed by atoms with E-state index >= 15 is 0 Å². The first kappa shape index (κ1) is 15.0. The molecule has 0 saturated heterocycles. The van der Waals surface area contributed by atoms with Gasteiger partial charge in [0.25, 0.3) is 0 Å². The minimum Gasteiger partial charge on any atom is -0.377 e. The molecule has 0 heterocycles. The predicted molar refractivity (Wildman–Crippen MR) is 73.5 cm³/mol. The second-order valence-electron chi connectivity index (χ2n) is 3.99. The highest BCUT2D eigenvalue weighted by atomic mass is 15.1. The van der Waals surface area contributed by atoms with Gasteiger partial charge in [0, 0.05) is 25.8 Å². The number of allylic oxidation sites excluding steroid dienone is 5. The summed E-state index contributed by atoms with van der Waals surface area (Å²) in [5.41, 5.74) is 2.44. The van der Waals surface area contributed by atoms with Crippen molar-refractivity contribution in [2.45, 2.75) is 27.2 Å². The zero-order chi connectivity index (χ0) is 12.4. The highest BCUT2D eigenvalue weighted by molar-refractivity contribution is 5.19. The van der Waals surface area contributed by atoms with Gasteiger partial charge in [0.1, 0.15) is 0 Å². The number of hydrogen-bond donors (Lipinski definition) is 1. The van der Waals surface area contributed by atoms with E-state index in [1.54, 1.807) is 0 Å². The maximum atomic E-state index is 3.84. The van der Waals surface area contributed by atoms with Crippen molar-refractivity contribution in [3.8, 4) is 0 Å². The summed E-state index contributed by atoms with van der Waals surface area (Å²) in [4.78, 5) is 2.30. The van der Waals surface area contributed by atoms with Gasteiger partial charge >= 0.3 is 0 Å². The van der Waals surface area contributed by atoms with Crippen LogP contribution in [0.5, 0.6) is 0 Å². The molecule has 92 valence electrons. The summed E-state index contributed by atoms with van der Waals surface area (Å²) in [5, 5.41) is 3.33. The standard InChI is InChI=1S/C14H26N2/c1-6-14(10-8-9-13(3)4)16(5)12-11-15-7-2/h8-10,15H,3,6-7,11-12H2,1-2,4-5H3/b9-8-,14-10+. The van der Waals surface area contributed by atoms with Crippen LogP contribution in [-0.4, -0.2) is 31.6 Å². The Kier molecular flexibility index (Phi) is 8.64. The van der Waals surface area contributed by atoms with Crippen LogP contribution in [-0.2, 0) is 0 Å². The Morgan fingerprint density at radius 1 is 1.38 bits per heavy atom. The smallest absolute Gasteiger partial charge is 0.0297 e. The third kappa shape index (κ3) is 7.30. The van der Waals surface area contributed by atoms with Gasteiger partial charge in [0.05, 0.1) is 0 Å². The van der Waals surface area contributed by atoms with Crippen molar-refractivity contribution in [1.82, 2.24) is 10.2 Å². The number of nitrogens with zero attached hydrogens (tertiary/aromatic N) is 1. The van der Waals surface area contributed by atoms with Crippen molar-refractivity contribution in [3.63, 3.8) is 0 Å². The van der Waals surface area contributed by atoms with Gasteiger partial charge in [-0.2, -0.15) is 0 Å². The molecule has 0 amide bonds. The van der Waals surface area contributed by atoms with Crippen LogP contribution < -0.4 is 5.32 Å². The van der Waals surface area contributed by atoms with Crippen LogP contribution in [0.25, 0.3) is 0 Å². The van der Waals surface area contributed by atoms with Crippen LogP contribution >= 0.6 is 0 Å². The summed E-state index contributed by atoms with van der Waals surface area (Å²) in [6.45, 7) is 13.3. The van der Waals surface area contributed by atoms with E-state index in [1.165, 1.54) is 5.70 Å². The molecule has 0 rings (SSSR count). The van der Waals surface area contributed by atoms with Crippen molar-refractivity contribution in [2.75, 3.05) is 26.7 Å². The number of rotatable bonds is 8. The summed E-state index contributed by atoms with van der Waals surface area (Å²) in [7, 11) is 2.14. The molecular formula is C14H26N2. The first-order valence-corrected chi connectivity index (χ1v) is 6.06. The van der Waals surface area contributed by atoms with Crippen LogP contribution in [0.2, 0.25) is 0 Å².